The fraction of sp³-hybridized carbons (Fsp3) is 0.214. The molecule has 3 amide bonds. The van der Waals surface area contributed by atoms with E-state index in [0.29, 0.717) is 34.9 Å². The lowest BCUT2D eigenvalue weighted by atomic mass is 10.1. The smallest absolute Gasteiger partial charge is 0.325 e. The van der Waals surface area contributed by atoms with Crippen LogP contribution in [0.25, 0.3) is 0 Å². The molecule has 0 saturated carbocycles. The van der Waals surface area contributed by atoms with E-state index in [1.54, 1.807) is 60.7 Å². The summed E-state index contributed by atoms with van der Waals surface area (Å²) in [5, 5.41) is 7.85. The van der Waals surface area contributed by atoms with Gasteiger partial charge in [-0.05, 0) is 81.4 Å². The van der Waals surface area contributed by atoms with Gasteiger partial charge in [-0.15, -0.1) is 0 Å². The van der Waals surface area contributed by atoms with Crippen molar-refractivity contribution in [2.75, 3.05) is 30.4 Å². The highest BCUT2D eigenvalue weighted by Crippen LogP contribution is 2.17. The second kappa shape index (κ2) is 12.9. The highest BCUT2D eigenvalue weighted by molar-refractivity contribution is 6.04. The van der Waals surface area contributed by atoms with Gasteiger partial charge in [-0.2, -0.15) is 0 Å². The first-order valence-corrected chi connectivity index (χ1v) is 11.7. The Bertz CT molecular complexity index is 1250. The summed E-state index contributed by atoms with van der Waals surface area (Å²) in [7, 11) is 0. The first-order chi connectivity index (χ1) is 17.7. The second-order valence-electron chi connectivity index (χ2n) is 8.26. The van der Waals surface area contributed by atoms with Crippen molar-refractivity contribution < 1.29 is 28.7 Å². The van der Waals surface area contributed by atoms with E-state index < -0.39 is 24.4 Å². The van der Waals surface area contributed by atoms with Crippen LogP contribution in [0.15, 0.2) is 66.7 Å². The summed E-state index contributed by atoms with van der Waals surface area (Å²) in [5.41, 5.74) is 3.77. The number of amides is 3. The summed E-state index contributed by atoms with van der Waals surface area (Å²) in [5.74, 6) is -1.29. The van der Waals surface area contributed by atoms with Crippen molar-refractivity contribution in [1.29, 1.82) is 0 Å². The van der Waals surface area contributed by atoms with Crippen LogP contribution in [0.2, 0.25) is 0 Å². The standard InChI is InChI=1S/C28H29N3O6/c1-4-36-24-11-9-23(10-12-24)31-28(35)20-5-7-22(8-6-20)30-25(32)17-37-26(33)16-29-27(34)21-14-18(2)13-19(3)15-21/h5-15H,4,16-17H2,1-3H3,(H,29,34)(H,30,32)(H,31,35). The van der Waals surface area contributed by atoms with E-state index in [-0.39, 0.29) is 12.5 Å². The number of hydrogen-bond donors (Lipinski definition) is 3. The lowest BCUT2D eigenvalue weighted by Crippen LogP contribution is -2.32. The molecule has 3 N–H and O–H groups in total. The number of nitrogens with one attached hydrogen (secondary N) is 3. The summed E-state index contributed by atoms with van der Waals surface area (Å²) < 4.78 is 10.3. The summed E-state index contributed by atoms with van der Waals surface area (Å²) in [6.07, 6.45) is 0. The van der Waals surface area contributed by atoms with E-state index in [9.17, 15) is 19.2 Å². The van der Waals surface area contributed by atoms with E-state index in [1.165, 1.54) is 0 Å². The number of rotatable bonds is 10. The van der Waals surface area contributed by atoms with Gasteiger partial charge in [0.1, 0.15) is 12.3 Å². The maximum absolute atomic E-state index is 12.5. The molecule has 0 fully saturated rings. The van der Waals surface area contributed by atoms with Crippen LogP contribution >= 0.6 is 0 Å². The van der Waals surface area contributed by atoms with Crippen LogP contribution in [0.3, 0.4) is 0 Å². The number of carbonyl (C=O) groups excluding carboxylic acids is 4. The van der Waals surface area contributed by atoms with Gasteiger partial charge in [0.2, 0.25) is 0 Å². The quantitative estimate of drug-likeness (QED) is 0.361. The van der Waals surface area contributed by atoms with Gasteiger partial charge in [-0.25, -0.2) is 0 Å². The largest absolute Gasteiger partial charge is 0.494 e. The van der Waals surface area contributed by atoms with Crippen molar-refractivity contribution in [1.82, 2.24) is 5.32 Å². The lowest BCUT2D eigenvalue weighted by molar-refractivity contribution is -0.146. The van der Waals surface area contributed by atoms with E-state index in [0.717, 1.165) is 11.1 Å². The Morgan fingerprint density at radius 1 is 0.730 bits per heavy atom. The number of anilines is 2. The van der Waals surface area contributed by atoms with E-state index in [1.807, 2.05) is 26.8 Å². The number of esters is 1. The fourth-order valence-corrected chi connectivity index (χ4v) is 3.46. The molecule has 0 saturated heterocycles. The summed E-state index contributed by atoms with van der Waals surface area (Å²) >= 11 is 0. The molecule has 0 spiro atoms. The first kappa shape index (κ1) is 26.9. The maximum atomic E-state index is 12.5. The molecule has 0 heterocycles. The first-order valence-electron chi connectivity index (χ1n) is 11.7. The third-order valence-corrected chi connectivity index (χ3v) is 5.10. The predicted molar refractivity (Wildman–Crippen MR) is 140 cm³/mol. The Morgan fingerprint density at radius 2 is 1.32 bits per heavy atom. The predicted octanol–water partition coefficient (Wildman–Crippen LogP) is 3.87. The molecule has 0 aliphatic rings. The number of carbonyl (C=O) groups is 4. The van der Waals surface area contributed by atoms with Crippen molar-refractivity contribution in [2.24, 2.45) is 0 Å². The molecule has 0 bridgehead atoms. The van der Waals surface area contributed by atoms with E-state index >= 15 is 0 Å². The zero-order valence-electron chi connectivity index (χ0n) is 20.9. The fourth-order valence-electron chi connectivity index (χ4n) is 3.46. The Hall–Kier alpha value is -4.66. The third kappa shape index (κ3) is 8.50. The number of hydrogen-bond acceptors (Lipinski definition) is 6. The SMILES string of the molecule is CCOc1ccc(NC(=O)c2ccc(NC(=O)COC(=O)CNC(=O)c3cc(C)cc(C)c3)cc2)cc1. The molecule has 37 heavy (non-hydrogen) atoms. The van der Waals surface area contributed by atoms with Gasteiger partial charge in [-0.3, -0.25) is 19.2 Å². The van der Waals surface area contributed by atoms with Crippen LogP contribution in [-0.2, 0) is 14.3 Å². The van der Waals surface area contributed by atoms with Gasteiger partial charge in [0.25, 0.3) is 17.7 Å². The molecule has 192 valence electrons. The minimum atomic E-state index is -0.741. The minimum absolute atomic E-state index is 0.307. The zero-order chi connectivity index (χ0) is 26.8. The summed E-state index contributed by atoms with van der Waals surface area (Å²) in [6, 6.07) is 18.7. The normalized spacial score (nSPS) is 10.2. The third-order valence-electron chi connectivity index (χ3n) is 5.10. The van der Waals surface area contributed by atoms with Crippen molar-refractivity contribution in [3.63, 3.8) is 0 Å². The van der Waals surface area contributed by atoms with Crippen molar-refractivity contribution in [2.45, 2.75) is 20.8 Å². The molecule has 3 aromatic rings. The maximum Gasteiger partial charge on any atom is 0.325 e. The molecule has 0 atom stereocenters. The molecule has 0 aliphatic heterocycles. The van der Waals surface area contributed by atoms with Crippen molar-refractivity contribution in [3.05, 3.63) is 89.0 Å². The molecule has 9 nitrogen and oxygen atoms in total. The van der Waals surface area contributed by atoms with Crippen LogP contribution in [0.4, 0.5) is 11.4 Å². The molecule has 9 heteroatoms. The minimum Gasteiger partial charge on any atom is -0.494 e. The van der Waals surface area contributed by atoms with E-state index in [2.05, 4.69) is 16.0 Å². The van der Waals surface area contributed by atoms with Crippen molar-refractivity contribution >= 4 is 35.1 Å². The average Bonchev–Trinajstić information content (AvgIpc) is 2.87. The van der Waals surface area contributed by atoms with Gasteiger partial charge in [0.15, 0.2) is 6.61 Å². The highest BCUT2D eigenvalue weighted by Gasteiger charge is 2.12. The van der Waals surface area contributed by atoms with Gasteiger partial charge < -0.3 is 25.4 Å². The Balaban J connectivity index is 1.41. The number of benzene rings is 3. The van der Waals surface area contributed by atoms with Gasteiger partial charge in [0, 0.05) is 22.5 Å². The Morgan fingerprint density at radius 3 is 1.95 bits per heavy atom. The molecule has 3 rings (SSSR count). The number of aryl methyl sites for hydroxylation is 2. The van der Waals surface area contributed by atoms with Crippen LogP contribution in [0.5, 0.6) is 5.75 Å². The zero-order valence-corrected chi connectivity index (χ0v) is 20.9. The summed E-state index contributed by atoms with van der Waals surface area (Å²) in [6.45, 7) is 5.33. The molecule has 0 radical (unpaired) electrons. The Labute approximate surface area is 215 Å². The lowest BCUT2D eigenvalue weighted by Gasteiger charge is -2.09. The van der Waals surface area contributed by atoms with Gasteiger partial charge >= 0.3 is 5.97 Å². The molecular formula is C28H29N3O6. The molecule has 0 aromatic heterocycles. The van der Waals surface area contributed by atoms with Crippen molar-refractivity contribution in [3.8, 4) is 5.75 Å². The average molecular weight is 504 g/mol. The van der Waals surface area contributed by atoms with Gasteiger partial charge in [0.05, 0.1) is 6.61 Å². The van der Waals surface area contributed by atoms with Crippen LogP contribution in [0.1, 0.15) is 38.8 Å². The molecule has 0 aliphatic carbocycles. The van der Waals surface area contributed by atoms with Crippen LogP contribution < -0.4 is 20.7 Å². The van der Waals surface area contributed by atoms with Crippen LogP contribution in [-0.4, -0.2) is 43.4 Å². The topological polar surface area (TPSA) is 123 Å². The highest BCUT2D eigenvalue weighted by atomic mass is 16.5. The monoisotopic (exact) mass is 503 g/mol. The Kier molecular flexibility index (Phi) is 9.37. The molecule has 0 unspecified atom stereocenters. The number of ether oxygens (including phenoxy) is 2. The van der Waals surface area contributed by atoms with E-state index in [4.69, 9.17) is 9.47 Å². The summed E-state index contributed by atoms with van der Waals surface area (Å²) in [4.78, 5) is 48.7. The molecule has 3 aromatic carbocycles. The molecular weight excluding hydrogens is 474 g/mol. The van der Waals surface area contributed by atoms with Crippen LogP contribution in [0, 0.1) is 13.8 Å². The second-order valence-corrected chi connectivity index (χ2v) is 8.26. The van der Waals surface area contributed by atoms with Gasteiger partial charge in [-0.1, -0.05) is 17.2 Å².